The number of hydrogen-bond donors (Lipinski definition) is 1. The molecule has 30 heavy (non-hydrogen) atoms. The first-order chi connectivity index (χ1) is 14.6. The maximum atomic E-state index is 13.2. The lowest BCUT2D eigenvalue weighted by molar-refractivity contribution is -0.134. The number of fused-ring (bicyclic) bond motifs is 2. The van der Waals surface area contributed by atoms with Crippen LogP contribution in [-0.2, 0) is 22.5 Å². The van der Waals surface area contributed by atoms with Gasteiger partial charge in [0.1, 0.15) is 11.5 Å². The molecule has 2 aromatic heterocycles. The summed E-state index contributed by atoms with van der Waals surface area (Å²) < 4.78 is 7.39. The molecule has 5 rings (SSSR count). The Morgan fingerprint density at radius 1 is 1.17 bits per heavy atom. The van der Waals surface area contributed by atoms with Gasteiger partial charge in [-0.05, 0) is 19.1 Å². The number of imidazole rings is 1. The number of benzene rings is 1. The Hall–Kier alpha value is -3.13. The molecule has 0 radical (unpaired) electrons. The molecule has 2 aliphatic rings. The number of nitrogens with zero attached hydrogens (tertiary/aromatic N) is 4. The highest BCUT2D eigenvalue weighted by molar-refractivity contribution is 5.98. The molecule has 0 unspecified atom stereocenters. The fourth-order valence-corrected chi connectivity index (χ4v) is 4.33. The molecule has 1 aromatic carbocycles. The summed E-state index contributed by atoms with van der Waals surface area (Å²) in [5.41, 5.74) is 2.30. The molecule has 8 heteroatoms. The Bertz CT molecular complexity index is 1060. The van der Waals surface area contributed by atoms with Crippen LogP contribution in [0.1, 0.15) is 35.0 Å². The van der Waals surface area contributed by atoms with Crippen LogP contribution in [-0.4, -0.2) is 69.0 Å². The lowest BCUT2D eigenvalue weighted by atomic mass is 10.2. The first kappa shape index (κ1) is 18.9. The zero-order chi connectivity index (χ0) is 20.7. The average molecular weight is 407 g/mol. The van der Waals surface area contributed by atoms with Crippen molar-refractivity contribution in [1.29, 1.82) is 0 Å². The number of hydrogen-bond acceptors (Lipinski definition) is 4. The van der Waals surface area contributed by atoms with E-state index < -0.39 is 0 Å². The fraction of sp³-hybridized carbons (Fsp3) is 0.409. The van der Waals surface area contributed by atoms with Gasteiger partial charge in [0.2, 0.25) is 5.91 Å². The second kappa shape index (κ2) is 7.60. The van der Waals surface area contributed by atoms with Crippen molar-refractivity contribution >= 4 is 22.7 Å². The van der Waals surface area contributed by atoms with E-state index in [1.807, 2.05) is 53.3 Å². The standard InChI is InChI=1S/C22H25N5O3/c1-15-21-23-17(13-20(28)25-8-10-30-11-9-25)14-26(21)6-7-27(15)22(29)19-12-16-4-2-3-5-18(16)24-19/h2-5,12,14-15,24H,6-11,13H2,1H3/t15-/m0/s1. The number of H-pyrrole nitrogens is 1. The van der Waals surface area contributed by atoms with E-state index >= 15 is 0 Å². The van der Waals surface area contributed by atoms with Gasteiger partial charge in [0.15, 0.2) is 0 Å². The Balaban J connectivity index is 1.32. The van der Waals surface area contributed by atoms with E-state index in [9.17, 15) is 9.59 Å². The van der Waals surface area contributed by atoms with Crippen molar-refractivity contribution < 1.29 is 14.3 Å². The number of aromatic nitrogens is 3. The number of carbonyl (C=O) groups is 2. The summed E-state index contributed by atoms with van der Waals surface area (Å²) in [5.74, 6) is 0.877. The van der Waals surface area contributed by atoms with Crippen LogP contribution >= 0.6 is 0 Å². The van der Waals surface area contributed by atoms with E-state index in [4.69, 9.17) is 9.72 Å². The van der Waals surface area contributed by atoms with Crippen LogP contribution in [0, 0.1) is 0 Å². The van der Waals surface area contributed by atoms with E-state index in [1.54, 1.807) is 0 Å². The van der Waals surface area contributed by atoms with Crippen LogP contribution in [0.3, 0.4) is 0 Å². The molecule has 2 amide bonds. The van der Waals surface area contributed by atoms with Crippen molar-refractivity contribution in [1.82, 2.24) is 24.3 Å². The number of rotatable bonds is 3. The second-order valence-electron chi connectivity index (χ2n) is 7.90. The quantitative estimate of drug-likeness (QED) is 0.720. The van der Waals surface area contributed by atoms with Gasteiger partial charge in [-0.25, -0.2) is 4.98 Å². The van der Waals surface area contributed by atoms with Crippen LogP contribution in [0.25, 0.3) is 10.9 Å². The van der Waals surface area contributed by atoms with E-state index in [0.29, 0.717) is 45.1 Å². The first-order valence-electron chi connectivity index (χ1n) is 10.4. The van der Waals surface area contributed by atoms with Crippen molar-refractivity contribution in [2.75, 3.05) is 32.8 Å². The third kappa shape index (κ3) is 3.37. The Labute approximate surface area is 174 Å². The van der Waals surface area contributed by atoms with Gasteiger partial charge in [0.05, 0.1) is 31.4 Å². The molecule has 0 aliphatic carbocycles. The van der Waals surface area contributed by atoms with Crippen LogP contribution in [0.2, 0.25) is 0 Å². The maximum absolute atomic E-state index is 13.2. The first-order valence-corrected chi connectivity index (χ1v) is 10.4. The molecule has 0 bridgehead atoms. The predicted molar refractivity (Wildman–Crippen MR) is 111 cm³/mol. The summed E-state index contributed by atoms with van der Waals surface area (Å²) >= 11 is 0. The van der Waals surface area contributed by atoms with Crippen molar-refractivity contribution in [2.45, 2.75) is 25.9 Å². The van der Waals surface area contributed by atoms with Crippen molar-refractivity contribution in [3.05, 3.63) is 53.7 Å². The highest BCUT2D eigenvalue weighted by atomic mass is 16.5. The SMILES string of the molecule is C[C@H]1c2nc(CC(=O)N3CCOCC3)cn2CCN1C(=O)c1cc2ccccc2[nH]1. The van der Waals surface area contributed by atoms with Gasteiger partial charge >= 0.3 is 0 Å². The molecule has 0 saturated carbocycles. The van der Waals surface area contributed by atoms with Crippen LogP contribution in [0.5, 0.6) is 0 Å². The lowest BCUT2D eigenvalue weighted by Crippen LogP contribution is -2.41. The predicted octanol–water partition coefficient (Wildman–Crippen LogP) is 1.98. The minimum atomic E-state index is -0.162. The summed E-state index contributed by atoms with van der Waals surface area (Å²) in [6.45, 7) is 5.72. The van der Waals surface area contributed by atoms with Gasteiger partial charge in [0.25, 0.3) is 5.91 Å². The average Bonchev–Trinajstić information content (AvgIpc) is 3.38. The van der Waals surface area contributed by atoms with Gasteiger partial charge in [-0.3, -0.25) is 9.59 Å². The van der Waals surface area contributed by atoms with Gasteiger partial charge < -0.3 is 24.1 Å². The monoisotopic (exact) mass is 407 g/mol. The Morgan fingerprint density at radius 2 is 1.97 bits per heavy atom. The van der Waals surface area contributed by atoms with E-state index in [0.717, 1.165) is 22.4 Å². The van der Waals surface area contributed by atoms with E-state index in [1.165, 1.54) is 0 Å². The minimum absolute atomic E-state index is 0.0288. The third-order valence-electron chi connectivity index (χ3n) is 6.00. The van der Waals surface area contributed by atoms with Crippen LogP contribution in [0.15, 0.2) is 36.5 Å². The van der Waals surface area contributed by atoms with Crippen LogP contribution in [0.4, 0.5) is 0 Å². The van der Waals surface area contributed by atoms with Gasteiger partial charge in [-0.1, -0.05) is 18.2 Å². The number of ether oxygens (including phenoxy) is 1. The zero-order valence-electron chi connectivity index (χ0n) is 17.0. The molecule has 8 nitrogen and oxygen atoms in total. The number of amides is 2. The molecule has 0 spiro atoms. The molecule has 2 aliphatic heterocycles. The molecule has 156 valence electrons. The van der Waals surface area contributed by atoms with Crippen molar-refractivity contribution in [3.63, 3.8) is 0 Å². The normalized spacial score (nSPS) is 19.2. The summed E-state index contributed by atoms with van der Waals surface area (Å²) in [4.78, 5) is 37.3. The molecule has 3 aromatic rings. The maximum Gasteiger partial charge on any atom is 0.270 e. The number of aromatic amines is 1. The summed E-state index contributed by atoms with van der Waals surface area (Å²) in [6, 6.07) is 9.61. The Kier molecular flexibility index (Phi) is 4.78. The van der Waals surface area contributed by atoms with E-state index in [-0.39, 0.29) is 24.3 Å². The van der Waals surface area contributed by atoms with E-state index in [2.05, 4.69) is 9.55 Å². The fourth-order valence-electron chi connectivity index (χ4n) is 4.33. The number of morpholine rings is 1. The summed E-state index contributed by atoms with van der Waals surface area (Å²) in [6.07, 6.45) is 2.23. The molecule has 1 fully saturated rings. The molecule has 1 atom stereocenters. The van der Waals surface area contributed by atoms with Gasteiger partial charge in [0, 0.05) is 43.3 Å². The highest BCUT2D eigenvalue weighted by Crippen LogP contribution is 2.27. The van der Waals surface area contributed by atoms with Gasteiger partial charge in [-0.2, -0.15) is 0 Å². The molecular formula is C22H25N5O3. The highest BCUT2D eigenvalue weighted by Gasteiger charge is 2.31. The van der Waals surface area contributed by atoms with Crippen molar-refractivity contribution in [2.24, 2.45) is 0 Å². The smallest absolute Gasteiger partial charge is 0.270 e. The minimum Gasteiger partial charge on any atom is -0.378 e. The molecule has 1 N–H and O–H groups in total. The van der Waals surface area contributed by atoms with Crippen molar-refractivity contribution in [3.8, 4) is 0 Å². The zero-order valence-corrected chi connectivity index (χ0v) is 17.0. The topological polar surface area (TPSA) is 83.5 Å². The van der Waals surface area contributed by atoms with Crippen LogP contribution < -0.4 is 0 Å². The summed E-state index contributed by atoms with van der Waals surface area (Å²) in [5, 5.41) is 1.02. The number of nitrogens with one attached hydrogen (secondary N) is 1. The number of para-hydroxylation sites is 1. The molecule has 4 heterocycles. The molecular weight excluding hydrogens is 382 g/mol. The summed E-state index contributed by atoms with van der Waals surface area (Å²) in [7, 11) is 0. The second-order valence-corrected chi connectivity index (χ2v) is 7.90. The van der Waals surface area contributed by atoms with Gasteiger partial charge in [-0.15, -0.1) is 0 Å². The number of carbonyl (C=O) groups excluding carboxylic acids is 2. The Morgan fingerprint density at radius 3 is 2.77 bits per heavy atom. The lowest BCUT2D eigenvalue weighted by Gasteiger charge is -2.33. The third-order valence-corrected chi connectivity index (χ3v) is 6.00. The largest absolute Gasteiger partial charge is 0.378 e. The molecule has 1 saturated heterocycles.